The van der Waals surface area contributed by atoms with Crippen molar-refractivity contribution in [3.05, 3.63) is 56.0 Å². The minimum atomic E-state index is -0.0913. The van der Waals surface area contributed by atoms with E-state index in [1.165, 1.54) is 7.11 Å². The van der Waals surface area contributed by atoms with Crippen LogP contribution in [0.5, 0.6) is 11.5 Å². The van der Waals surface area contributed by atoms with Crippen molar-refractivity contribution < 1.29 is 14.3 Å². The van der Waals surface area contributed by atoms with Crippen molar-refractivity contribution in [1.29, 1.82) is 0 Å². The molecule has 0 saturated heterocycles. The van der Waals surface area contributed by atoms with Gasteiger partial charge in [0.1, 0.15) is 11.5 Å². The maximum atomic E-state index is 12.8. The van der Waals surface area contributed by atoms with Gasteiger partial charge < -0.3 is 9.47 Å². The molecule has 0 spiro atoms. The van der Waals surface area contributed by atoms with Crippen LogP contribution in [0.4, 0.5) is 0 Å². The summed E-state index contributed by atoms with van der Waals surface area (Å²) in [5, 5.41) is 0. The fourth-order valence-electron chi connectivity index (χ4n) is 2.07. The molecule has 0 bridgehead atoms. The Morgan fingerprint density at radius 3 is 2.33 bits per heavy atom. The van der Waals surface area contributed by atoms with E-state index in [2.05, 4.69) is 31.9 Å². The molecule has 0 radical (unpaired) electrons. The van der Waals surface area contributed by atoms with E-state index < -0.39 is 0 Å². The van der Waals surface area contributed by atoms with Crippen molar-refractivity contribution in [3.63, 3.8) is 0 Å². The zero-order valence-electron chi connectivity index (χ0n) is 11.9. The molecule has 0 amide bonds. The fraction of sp³-hybridized carbons (Fsp3) is 0.188. The predicted octanol–water partition coefficient (Wildman–Crippen LogP) is 4.77. The molecule has 21 heavy (non-hydrogen) atoms. The molecule has 5 heteroatoms. The first kappa shape index (κ1) is 16.0. The number of benzene rings is 2. The molecule has 0 aromatic heterocycles. The number of ether oxygens (including phenoxy) is 2. The number of hydrogen-bond acceptors (Lipinski definition) is 3. The van der Waals surface area contributed by atoms with E-state index in [-0.39, 0.29) is 5.78 Å². The van der Waals surface area contributed by atoms with Gasteiger partial charge in [0, 0.05) is 20.6 Å². The highest BCUT2D eigenvalue weighted by Crippen LogP contribution is 2.34. The van der Waals surface area contributed by atoms with Crippen molar-refractivity contribution in [2.24, 2.45) is 0 Å². The molecule has 2 rings (SSSR count). The van der Waals surface area contributed by atoms with Gasteiger partial charge in [-0.05, 0) is 52.7 Å². The maximum absolute atomic E-state index is 12.8. The largest absolute Gasteiger partial charge is 0.497 e. The second-order valence-corrected chi connectivity index (χ2v) is 6.24. The quantitative estimate of drug-likeness (QED) is 0.677. The average Bonchev–Trinajstić information content (AvgIpc) is 2.45. The third-order valence-corrected chi connectivity index (χ3v) is 4.26. The Kier molecular flexibility index (Phi) is 5.06. The highest BCUT2D eigenvalue weighted by molar-refractivity contribution is 9.10. The van der Waals surface area contributed by atoms with Crippen LogP contribution in [0.15, 0.2) is 39.3 Å². The van der Waals surface area contributed by atoms with Crippen LogP contribution in [-0.4, -0.2) is 20.0 Å². The predicted molar refractivity (Wildman–Crippen MR) is 89.6 cm³/mol. The summed E-state index contributed by atoms with van der Waals surface area (Å²) in [4.78, 5) is 12.8. The van der Waals surface area contributed by atoms with Crippen LogP contribution in [-0.2, 0) is 0 Å². The van der Waals surface area contributed by atoms with Gasteiger partial charge in [0.15, 0.2) is 5.78 Å². The molecule has 0 saturated carbocycles. The summed E-state index contributed by atoms with van der Waals surface area (Å²) >= 11 is 6.83. The molecule has 0 heterocycles. The Morgan fingerprint density at radius 2 is 1.76 bits per heavy atom. The van der Waals surface area contributed by atoms with Crippen LogP contribution >= 0.6 is 31.9 Å². The van der Waals surface area contributed by atoms with Gasteiger partial charge in [0.05, 0.1) is 19.8 Å². The molecule has 110 valence electrons. The Balaban J connectivity index is 2.57. The van der Waals surface area contributed by atoms with Gasteiger partial charge in [-0.2, -0.15) is 0 Å². The summed E-state index contributed by atoms with van der Waals surface area (Å²) in [6, 6.07) is 9.02. The van der Waals surface area contributed by atoms with Crippen molar-refractivity contribution in [2.75, 3.05) is 14.2 Å². The molecule has 0 N–H and O–H groups in total. The van der Waals surface area contributed by atoms with Crippen molar-refractivity contribution >= 4 is 37.6 Å². The van der Waals surface area contributed by atoms with Gasteiger partial charge >= 0.3 is 0 Å². The normalized spacial score (nSPS) is 10.3. The number of hydrogen-bond donors (Lipinski definition) is 0. The van der Waals surface area contributed by atoms with Gasteiger partial charge in [0.25, 0.3) is 0 Å². The van der Waals surface area contributed by atoms with E-state index in [9.17, 15) is 4.79 Å². The molecule has 2 aromatic carbocycles. The lowest BCUT2D eigenvalue weighted by Crippen LogP contribution is -2.07. The zero-order chi connectivity index (χ0) is 15.6. The van der Waals surface area contributed by atoms with Gasteiger partial charge in [-0.1, -0.05) is 15.9 Å². The summed E-state index contributed by atoms with van der Waals surface area (Å²) < 4.78 is 12.1. The fourth-order valence-corrected chi connectivity index (χ4v) is 3.15. The van der Waals surface area contributed by atoms with Crippen LogP contribution in [0, 0.1) is 6.92 Å². The number of aryl methyl sites for hydroxylation is 1. The Hall–Kier alpha value is -1.33. The Labute approximate surface area is 140 Å². The summed E-state index contributed by atoms with van der Waals surface area (Å²) in [6.45, 7) is 1.90. The van der Waals surface area contributed by atoms with Crippen molar-refractivity contribution in [3.8, 4) is 11.5 Å². The SMILES string of the molecule is COc1cc(Br)c(C(=O)c2ccc(Br)cc2C)c(OC)c1. The highest BCUT2D eigenvalue weighted by Gasteiger charge is 2.21. The number of ketones is 1. The lowest BCUT2D eigenvalue weighted by atomic mass is 9.98. The van der Waals surface area contributed by atoms with Crippen molar-refractivity contribution in [1.82, 2.24) is 0 Å². The lowest BCUT2D eigenvalue weighted by Gasteiger charge is -2.13. The first-order chi connectivity index (χ1) is 9.97. The smallest absolute Gasteiger partial charge is 0.198 e. The minimum Gasteiger partial charge on any atom is -0.497 e. The number of halogens is 2. The molecule has 0 aliphatic carbocycles. The summed E-state index contributed by atoms with van der Waals surface area (Å²) in [5.74, 6) is 1.02. The molecular formula is C16H14Br2O3. The molecule has 0 atom stereocenters. The number of carbonyl (C=O) groups excluding carboxylic acids is 1. The van der Waals surface area contributed by atoms with Crippen LogP contribution in [0.1, 0.15) is 21.5 Å². The van der Waals surface area contributed by atoms with Gasteiger partial charge in [-0.3, -0.25) is 4.79 Å². The number of carbonyl (C=O) groups is 1. The van der Waals surface area contributed by atoms with Gasteiger partial charge in [-0.25, -0.2) is 0 Å². The van der Waals surface area contributed by atoms with Crippen LogP contribution < -0.4 is 9.47 Å². The van der Waals surface area contributed by atoms with E-state index in [4.69, 9.17) is 9.47 Å². The van der Waals surface area contributed by atoms with Crippen LogP contribution in [0.2, 0.25) is 0 Å². The molecular weight excluding hydrogens is 400 g/mol. The maximum Gasteiger partial charge on any atom is 0.198 e. The molecule has 2 aromatic rings. The monoisotopic (exact) mass is 412 g/mol. The third-order valence-electron chi connectivity index (χ3n) is 3.14. The zero-order valence-corrected chi connectivity index (χ0v) is 15.0. The van der Waals surface area contributed by atoms with Crippen LogP contribution in [0.3, 0.4) is 0 Å². The molecule has 0 aliphatic heterocycles. The Morgan fingerprint density at radius 1 is 1.05 bits per heavy atom. The summed E-state index contributed by atoms with van der Waals surface area (Å²) in [6.07, 6.45) is 0. The third kappa shape index (κ3) is 3.30. The summed E-state index contributed by atoms with van der Waals surface area (Å²) in [5.41, 5.74) is 2.03. The second-order valence-electron chi connectivity index (χ2n) is 4.47. The molecule has 0 aliphatic rings. The Bertz CT molecular complexity index is 696. The van der Waals surface area contributed by atoms with Crippen LogP contribution in [0.25, 0.3) is 0 Å². The molecule has 0 unspecified atom stereocenters. The average molecular weight is 414 g/mol. The van der Waals surface area contributed by atoms with Gasteiger partial charge in [0.2, 0.25) is 0 Å². The minimum absolute atomic E-state index is 0.0913. The second kappa shape index (κ2) is 6.62. The van der Waals surface area contributed by atoms with E-state index in [0.29, 0.717) is 27.1 Å². The van der Waals surface area contributed by atoms with E-state index in [1.807, 2.05) is 19.1 Å². The first-order valence-corrected chi connectivity index (χ1v) is 7.79. The standard InChI is InChI=1S/C16H14Br2O3/c1-9-6-10(17)4-5-12(9)16(19)15-13(18)7-11(20-2)8-14(15)21-3/h4-8H,1-3H3. The summed E-state index contributed by atoms with van der Waals surface area (Å²) in [7, 11) is 3.11. The van der Waals surface area contributed by atoms with Gasteiger partial charge in [-0.15, -0.1) is 0 Å². The molecule has 0 fully saturated rings. The molecule has 3 nitrogen and oxygen atoms in total. The number of methoxy groups -OCH3 is 2. The topological polar surface area (TPSA) is 35.5 Å². The van der Waals surface area contributed by atoms with Crippen molar-refractivity contribution in [2.45, 2.75) is 6.92 Å². The van der Waals surface area contributed by atoms with E-state index in [0.717, 1.165) is 10.0 Å². The lowest BCUT2D eigenvalue weighted by molar-refractivity contribution is 0.103. The number of rotatable bonds is 4. The highest BCUT2D eigenvalue weighted by atomic mass is 79.9. The first-order valence-electron chi connectivity index (χ1n) is 6.20. The van der Waals surface area contributed by atoms with E-state index in [1.54, 1.807) is 25.3 Å². The van der Waals surface area contributed by atoms with E-state index >= 15 is 0 Å².